The van der Waals surface area contributed by atoms with Crippen molar-refractivity contribution in [2.24, 2.45) is 0 Å². The maximum Gasteiger partial charge on any atom is 0.253 e. The number of hydrogen-bond donors (Lipinski definition) is 2. The minimum atomic E-state index is -0.0491. The van der Waals surface area contributed by atoms with E-state index in [1.54, 1.807) is 12.4 Å². The molecule has 1 aromatic carbocycles. The number of nitrogens with one attached hydrogen (secondary N) is 2. The third-order valence-corrected chi connectivity index (χ3v) is 4.46. The molecule has 120 valence electrons. The second-order valence-electron chi connectivity index (χ2n) is 6.29. The maximum atomic E-state index is 12.5. The van der Waals surface area contributed by atoms with Crippen molar-refractivity contribution >= 4 is 5.91 Å². The number of piperidine rings is 1. The van der Waals surface area contributed by atoms with Gasteiger partial charge in [-0.1, -0.05) is 29.8 Å². The van der Waals surface area contributed by atoms with Crippen LogP contribution in [-0.4, -0.2) is 29.5 Å². The van der Waals surface area contributed by atoms with Crippen molar-refractivity contribution in [3.8, 4) is 11.1 Å². The van der Waals surface area contributed by atoms with Gasteiger partial charge in [-0.15, -0.1) is 0 Å². The van der Waals surface area contributed by atoms with Gasteiger partial charge in [0.25, 0.3) is 5.91 Å². The van der Waals surface area contributed by atoms with Crippen molar-refractivity contribution in [2.45, 2.75) is 38.8 Å². The summed E-state index contributed by atoms with van der Waals surface area (Å²) in [6.45, 7) is 5.20. The smallest absolute Gasteiger partial charge is 0.253 e. The van der Waals surface area contributed by atoms with Gasteiger partial charge in [0, 0.05) is 30.0 Å². The van der Waals surface area contributed by atoms with E-state index in [1.807, 2.05) is 6.07 Å². The summed E-state index contributed by atoms with van der Waals surface area (Å²) in [5.41, 5.74) is 3.87. The van der Waals surface area contributed by atoms with E-state index in [0.29, 0.717) is 11.6 Å². The van der Waals surface area contributed by atoms with Crippen molar-refractivity contribution in [1.82, 2.24) is 15.6 Å². The van der Waals surface area contributed by atoms with E-state index in [9.17, 15) is 4.79 Å². The first-order valence-electron chi connectivity index (χ1n) is 8.20. The van der Waals surface area contributed by atoms with E-state index in [2.05, 4.69) is 53.7 Å². The highest BCUT2D eigenvalue weighted by molar-refractivity contribution is 5.95. The highest BCUT2D eigenvalue weighted by Crippen LogP contribution is 2.20. The molecule has 4 heteroatoms. The molecule has 0 spiro atoms. The first kappa shape index (κ1) is 15.7. The van der Waals surface area contributed by atoms with Gasteiger partial charge in [0.05, 0.1) is 5.56 Å². The van der Waals surface area contributed by atoms with E-state index < -0.39 is 0 Å². The molecule has 23 heavy (non-hydrogen) atoms. The van der Waals surface area contributed by atoms with E-state index in [-0.39, 0.29) is 11.9 Å². The fourth-order valence-electron chi connectivity index (χ4n) is 2.96. The average Bonchev–Trinajstić information content (AvgIpc) is 2.58. The fourth-order valence-corrected chi connectivity index (χ4v) is 2.96. The summed E-state index contributed by atoms with van der Waals surface area (Å²) in [6.07, 6.45) is 5.54. The number of carbonyl (C=O) groups is 1. The van der Waals surface area contributed by atoms with Gasteiger partial charge in [-0.3, -0.25) is 9.78 Å². The Morgan fingerprint density at radius 2 is 2.00 bits per heavy atom. The molecule has 2 atom stereocenters. The van der Waals surface area contributed by atoms with Gasteiger partial charge in [-0.2, -0.15) is 0 Å². The predicted molar refractivity (Wildman–Crippen MR) is 92.4 cm³/mol. The van der Waals surface area contributed by atoms with Crippen LogP contribution in [0.1, 0.15) is 35.7 Å². The summed E-state index contributed by atoms with van der Waals surface area (Å²) in [5.74, 6) is -0.0491. The normalized spacial score (nSPS) is 21.0. The quantitative estimate of drug-likeness (QED) is 0.916. The van der Waals surface area contributed by atoms with Crippen molar-refractivity contribution in [1.29, 1.82) is 0 Å². The second kappa shape index (κ2) is 6.92. The lowest BCUT2D eigenvalue weighted by molar-refractivity contribution is 0.0919. The highest BCUT2D eigenvalue weighted by Gasteiger charge is 2.23. The number of nitrogens with zero attached hydrogens (tertiary/aromatic N) is 1. The molecule has 0 radical (unpaired) electrons. The summed E-state index contributed by atoms with van der Waals surface area (Å²) >= 11 is 0. The molecule has 2 N–H and O–H groups in total. The molecule has 2 aromatic rings. The molecular weight excluding hydrogens is 286 g/mol. The first-order chi connectivity index (χ1) is 11.1. The number of aryl methyl sites for hydroxylation is 1. The minimum absolute atomic E-state index is 0.0491. The zero-order chi connectivity index (χ0) is 16.2. The number of carbonyl (C=O) groups excluding carboxylic acids is 1. The summed E-state index contributed by atoms with van der Waals surface area (Å²) < 4.78 is 0. The Hall–Kier alpha value is -2.20. The summed E-state index contributed by atoms with van der Waals surface area (Å²) in [7, 11) is 0. The Morgan fingerprint density at radius 1 is 1.22 bits per heavy atom. The van der Waals surface area contributed by atoms with Crippen LogP contribution in [0.5, 0.6) is 0 Å². The molecule has 0 saturated carbocycles. The SMILES string of the molecule is Cc1ccc(-c2cncc(C(=O)NC3CCCNC3C)c2)cc1. The number of rotatable bonds is 3. The molecule has 1 aliphatic heterocycles. The van der Waals surface area contributed by atoms with Crippen LogP contribution in [-0.2, 0) is 0 Å². The fraction of sp³-hybridized carbons (Fsp3) is 0.368. The van der Waals surface area contributed by atoms with Crippen LogP contribution < -0.4 is 10.6 Å². The molecule has 3 rings (SSSR count). The van der Waals surface area contributed by atoms with Crippen molar-refractivity contribution in [3.63, 3.8) is 0 Å². The van der Waals surface area contributed by atoms with Gasteiger partial charge in [0.15, 0.2) is 0 Å². The third kappa shape index (κ3) is 3.77. The molecule has 0 bridgehead atoms. The average molecular weight is 309 g/mol. The monoisotopic (exact) mass is 309 g/mol. The molecule has 1 amide bonds. The van der Waals surface area contributed by atoms with E-state index in [0.717, 1.165) is 30.5 Å². The van der Waals surface area contributed by atoms with Crippen LogP contribution in [0.3, 0.4) is 0 Å². The van der Waals surface area contributed by atoms with E-state index in [4.69, 9.17) is 0 Å². The molecular formula is C19H23N3O. The van der Waals surface area contributed by atoms with Gasteiger partial charge in [0.2, 0.25) is 0 Å². The standard InChI is InChI=1S/C19H23N3O/c1-13-5-7-15(8-6-13)16-10-17(12-20-11-16)19(23)22-18-4-3-9-21-14(18)2/h5-8,10-12,14,18,21H,3-4,9H2,1-2H3,(H,22,23). The van der Waals surface area contributed by atoms with E-state index >= 15 is 0 Å². The Balaban J connectivity index is 1.76. The molecule has 4 nitrogen and oxygen atoms in total. The topological polar surface area (TPSA) is 54.0 Å². The molecule has 2 heterocycles. The van der Waals surface area contributed by atoms with Crippen LogP contribution in [0.2, 0.25) is 0 Å². The van der Waals surface area contributed by atoms with Gasteiger partial charge >= 0.3 is 0 Å². The Labute approximate surface area is 137 Å². The Morgan fingerprint density at radius 3 is 2.74 bits per heavy atom. The molecule has 1 fully saturated rings. The largest absolute Gasteiger partial charge is 0.348 e. The molecule has 2 unspecified atom stereocenters. The van der Waals surface area contributed by atoms with Crippen LogP contribution in [0, 0.1) is 6.92 Å². The number of hydrogen-bond acceptors (Lipinski definition) is 3. The zero-order valence-corrected chi connectivity index (χ0v) is 13.7. The van der Waals surface area contributed by atoms with Gasteiger partial charge < -0.3 is 10.6 Å². The molecule has 1 aliphatic rings. The van der Waals surface area contributed by atoms with Crippen LogP contribution in [0.15, 0.2) is 42.7 Å². The van der Waals surface area contributed by atoms with Crippen molar-refractivity contribution in [2.75, 3.05) is 6.54 Å². The van der Waals surface area contributed by atoms with E-state index in [1.165, 1.54) is 5.56 Å². The highest BCUT2D eigenvalue weighted by atomic mass is 16.1. The molecule has 0 aliphatic carbocycles. The van der Waals surface area contributed by atoms with Gasteiger partial charge in [-0.25, -0.2) is 0 Å². The first-order valence-corrected chi connectivity index (χ1v) is 8.20. The van der Waals surface area contributed by atoms with Gasteiger partial charge in [-0.05, 0) is 44.9 Å². The second-order valence-corrected chi connectivity index (χ2v) is 6.29. The third-order valence-electron chi connectivity index (χ3n) is 4.46. The number of aromatic nitrogens is 1. The Kier molecular flexibility index (Phi) is 4.72. The summed E-state index contributed by atoms with van der Waals surface area (Å²) in [6, 6.07) is 10.6. The van der Waals surface area contributed by atoms with Crippen LogP contribution in [0.4, 0.5) is 0 Å². The maximum absolute atomic E-state index is 12.5. The van der Waals surface area contributed by atoms with Crippen LogP contribution in [0.25, 0.3) is 11.1 Å². The molecule has 1 saturated heterocycles. The van der Waals surface area contributed by atoms with Crippen molar-refractivity contribution in [3.05, 3.63) is 53.9 Å². The number of benzene rings is 1. The zero-order valence-electron chi connectivity index (χ0n) is 13.7. The minimum Gasteiger partial charge on any atom is -0.348 e. The lowest BCUT2D eigenvalue weighted by Crippen LogP contribution is -2.51. The summed E-state index contributed by atoms with van der Waals surface area (Å²) in [5, 5.41) is 6.53. The van der Waals surface area contributed by atoms with Gasteiger partial charge in [0.1, 0.15) is 0 Å². The summed E-state index contributed by atoms with van der Waals surface area (Å²) in [4.78, 5) is 16.8. The lowest BCUT2D eigenvalue weighted by Gasteiger charge is -2.30. The van der Waals surface area contributed by atoms with Crippen molar-refractivity contribution < 1.29 is 4.79 Å². The van der Waals surface area contributed by atoms with Crippen LogP contribution >= 0.6 is 0 Å². The lowest BCUT2D eigenvalue weighted by atomic mass is 9.99. The Bertz CT molecular complexity index is 681. The number of amides is 1. The molecule has 1 aromatic heterocycles. The predicted octanol–water partition coefficient (Wildman–Crippen LogP) is 2.93. The number of pyridine rings is 1.